The van der Waals surface area contributed by atoms with Gasteiger partial charge in [0.1, 0.15) is 11.6 Å². The second-order valence-electron chi connectivity index (χ2n) is 4.65. The Bertz CT molecular complexity index is 643. The Morgan fingerprint density at radius 3 is 2.70 bits per heavy atom. The third kappa shape index (κ3) is 3.03. The molecule has 1 heterocycles. The summed E-state index contributed by atoms with van der Waals surface area (Å²) in [6.07, 6.45) is 0. The lowest BCUT2D eigenvalue weighted by Crippen LogP contribution is -2.19. The minimum atomic E-state index is -0.469. The predicted octanol–water partition coefficient (Wildman–Crippen LogP) is 2.52. The van der Waals surface area contributed by atoms with E-state index in [2.05, 4.69) is 4.98 Å². The van der Waals surface area contributed by atoms with E-state index in [1.807, 2.05) is 43.1 Å². The van der Waals surface area contributed by atoms with Gasteiger partial charge in [0.05, 0.1) is 17.1 Å². The molecule has 104 valence electrons. The Balaban J connectivity index is 2.27. The minimum absolute atomic E-state index is 0.0517. The molecule has 20 heavy (non-hydrogen) atoms. The van der Waals surface area contributed by atoms with E-state index >= 15 is 0 Å². The number of rotatable bonds is 4. The van der Waals surface area contributed by atoms with Crippen molar-refractivity contribution in [2.75, 3.05) is 17.7 Å². The second kappa shape index (κ2) is 5.56. The number of nitrogens with two attached hydrogens (primary N) is 1. The van der Waals surface area contributed by atoms with E-state index < -0.39 is 4.92 Å². The van der Waals surface area contributed by atoms with E-state index in [0.29, 0.717) is 12.4 Å². The number of aromatic nitrogens is 1. The Hall–Kier alpha value is -2.63. The molecule has 0 saturated carbocycles. The zero-order chi connectivity index (χ0) is 14.7. The molecule has 0 saturated heterocycles. The number of nitrogen functional groups attached to an aromatic ring is 1. The monoisotopic (exact) mass is 272 g/mol. The molecule has 0 fully saturated rings. The van der Waals surface area contributed by atoms with Gasteiger partial charge in [-0.05, 0) is 18.1 Å². The summed E-state index contributed by atoms with van der Waals surface area (Å²) in [5, 5.41) is 10.8. The van der Waals surface area contributed by atoms with Crippen LogP contribution in [0.3, 0.4) is 0 Å². The van der Waals surface area contributed by atoms with Gasteiger partial charge in [-0.2, -0.15) is 0 Å². The molecule has 0 aliphatic rings. The van der Waals surface area contributed by atoms with Crippen molar-refractivity contribution in [2.24, 2.45) is 0 Å². The van der Waals surface area contributed by atoms with Crippen molar-refractivity contribution in [2.45, 2.75) is 13.5 Å². The van der Waals surface area contributed by atoms with Crippen molar-refractivity contribution in [3.63, 3.8) is 0 Å². The number of pyridine rings is 1. The Morgan fingerprint density at radius 1 is 1.35 bits per heavy atom. The van der Waals surface area contributed by atoms with Gasteiger partial charge in [0.25, 0.3) is 5.69 Å². The van der Waals surface area contributed by atoms with Crippen molar-refractivity contribution >= 4 is 17.3 Å². The maximum absolute atomic E-state index is 10.8. The summed E-state index contributed by atoms with van der Waals surface area (Å²) in [7, 11) is 1.83. The van der Waals surface area contributed by atoms with Crippen LogP contribution in [0.2, 0.25) is 0 Å². The molecule has 0 aliphatic heterocycles. The zero-order valence-corrected chi connectivity index (χ0v) is 11.4. The summed E-state index contributed by atoms with van der Waals surface area (Å²) in [5.74, 6) is 0.630. The molecule has 2 N–H and O–H groups in total. The molecule has 2 rings (SSSR count). The Morgan fingerprint density at radius 2 is 2.05 bits per heavy atom. The highest BCUT2D eigenvalue weighted by molar-refractivity contribution is 5.54. The predicted molar refractivity (Wildman–Crippen MR) is 78.6 cm³/mol. The first-order chi connectivity index (χ1) is 9.47. The number of benzene rings is 1. The topological polar surface area (TPSA) is 85.3 Å². The summed E-state index contributed by atoms with van der Waals surface area (Å²) in [5.41, 5.74) is 7.87. The van der Waals surface area contributed by atoms with Crippen LogP contribution in [-0.2, 0) is 6.54 Å². The highest BCUT2D eigenvalue weighted by Gasteiger charge is 2.13. The van der Waals surface area contributed by atoms with Gasteiger partial charge in [-0.15, -0.1) is 0 Å². The van der Waals surface area contributed by atoms with Crippen LogP contribution in [0.1, 0.15) is 11.1 Å². The molecule has 0 unspecified atom stereocenters. The Kier molecular flexibility index (Phi) is 3.84. The Labute approximate surface area is 117 Å². The number of anilines is 2. The van der Waals surface area contributed by atoms with E-state index in [9.17, 15) is 10.1 Å². The molecule has 2 aromatic rings. The van der Waals surface area contributed by atoms with Gasteiger partial charge >= 0.3 is 0 Å². The van der Waals surface area contributed by atoms with Gasteiger partial charge in [-0.3, -0.25) is 10.1 Å². The van der Waals surface area contributed by atoms with Crippen LogP contribution in [0.25, 0.3) is 0 Å². The largest absolute Gasteiger partial charge is 0.383 e. The molecule has 1 aromatic heterocycles. The molecular weight excluding hydrogens is 256 g/mol. The number of nitro groups is 1. The maximum atomic E-state index is 10.8. The molecule has 6 nitrogen and oxygen atoms in total. The first-order valence-corrected chi connectivity index (χ1v) is 6.15. The third-order valence-corrected chi connectivity index (χ3v) is 3.09. The quantitative estimate of drug-likeness (QED) is 0.682. The summed E-state index contributed by atoms with van der Waals surface area (Å²) in [4.78, 5) is 16.4. The lowest BCUT2D eigenvalue weighted by molar-refractivity contribution is -0.384. The molecule has 0 amide bonds. The molecule has 0 bridgehead atoms. The zero-order valence-electron chi connectivity index (χ0n) is 11.4. The van der Waals surface area contributed by atoms with Crippen molar-refractivity contribution < 1.29 is 4.92 Å². The highest BCUT2D eigenvalue weighted by Crippen LogP contribution is 2.22. The smallest absolute Gasteiger partial charge is 0.276 e. The van der Waals surface area contributed by atoms with Crippen LogP contribution in [0, 0.1) is 17.0 Å². The second-order valence-corrected chi connectivity index (χ2v) is 4.65. The van der Waals surface area contributed by atoms with Crippen LogP contribution in [0.4, 0.5) is 17.3 Å². The normalized spacial score (nSPS) is 10.3. The van der Waals surface area contributed by atoms with E-state index in [-0.39, 0.29) is 11.5 Å². The summed E-state index contributed by atoms with van der Waals surface area (Å²) in [6, 6.07) is 10.7. The molecule has 0 aliphatic carbocycles. The van der Waals surface area contributed by atoms with Crippen molar-refractivity contribution in [3.8, 4) is 0 Å². The average Bonchev–Trinajstić information content (AvgIpc) is 2.40. The van der Waals surface area contributed by atoms with Crippen LogP contribution in [-0.4, -0.2) is 17.0 Å². The van der Waals surface area contributed by atoms with Crippen molar-refractivity contribution in [1.29, 1.82) is 0 Å². The number of aryl methyl sites for hydroxylation is 1. The standard InChI is InChI=1S/C14H16N4O2/c1-10-5-3-4-6-11(10)9-17(2)14-8-12(18(19)20)7-13(15)16-14/h3-8H,9H2,1-2H3,(H2,15,16). The average molecular weight is 272 g/mol. The summed E-state index contributed by atoms with van der Waals surface area (Å²) in [6.45, 7) is 2.64. The molecule has 1 aromatic carbocycles. The van der Waals surface area contributed by atoms with Gasteiger partial charge in [0.15, 0.2) is 0 Å². The van der Waals surface area contributed by atoms with E-state index in [1.54, 1.807) is 0 Å². The molecular formula is C14H16N4O2. The number of hydrogen-bond donors (Lipinski definition) is 1. The fraction of sp³-hybridized carbons (Fsp3) is 0.214. The molecule has 0 radical (unpaired) electrons. The molecule has 6 heteroatoms. The number of hydrogen-bond acceptors (Lipinski definition) is 5. The van der Waals surface area contributed by atoms with Crippen molar-refractivity contribution in [1.82, 2.24) is 4.98 Å². The molecule has 0 spiro atoms. The van der Waals surface area contributed by atoms with Gasteiger partial charge in [-0.1, -0.05) is 24.3 Å². The van der Waals surface area contributed by atoms with Crippen LogP contribution in [0.5, 0.6) is 0 Å². The van der Waals surface area contributed by atoms with Crippen LogP contribution >= 0.6 is 0 Å². The van der Waals surface area contributed by atoms with Crippen LogP contribution < -0.4 is 10.6 Å². The van der Waals surface area contributed by atoms with Crippen LogP contribution in [0.15, 0.2) is 36.4 Å². The van der Waals surface area contributed by atoms with Gasteiger partial charge < -0.3 is 10.6 Å². The van der Waals surface area contributed by atoms with E-state index in [4.69, 9.17) is 5.73 Å². The first kappa shape index (κ1) is 13.8. The SMILES string of the molecule is Cc1ccccc1CN(C)c1cc([N+](=O)[O-])cc(N)n1. The van der Waals surface area contributed by atoms with E-state index in [0.717, 1.165) is 11.1 Å². The van der Waals surface area contributed by atoms with Crippen molar-refractivity contribution in [3.05, 3.63) is 57.6 Å². The minimum Gasteiger partial charge on any atom is -0.383 e. The molecule has 0 atom stereocenters. The first-order valence-electron chi connectivity index (χ1n) is 6.15. The van der Waals surface area contributed by atoms with Gasteiger partial charge in [-0.25, -0.2) is 4.98 Å². The number of nitrogens with zero attached hydrogens (tertiary/aromatic N) is 3. The van der Waals surface area contributed by atoms with Gasteiger partial charge in [0.2, 0.25) is 0 Å². The summed E-state index contributed by atoms with van der Waals surface area (Å²) < 4.78 is 0. The lowest BCUT2D eigenvalue weighted by Gasteiger charge is -2.19. The van der Waals surface area contributed by atoms with E-state index in [1.165, 1.54) is 12.1 Å². The fourth-order valence-corrected chi connectivity index (χ4v) is 1.95. The maximum Gasteiger partial charge on any atom is 0.276 e. The highest BCUT2D eigenvalue weighted by atomic mass is 16.6. The van der Waals surface area contributed by atoms with Gasteiger partial charge in [0, 0.05) is 13.6 Å². The fourth-order valence-electron chi connectivity index (χ4n) is 1.95. The third-order valence-electron chi connectivity index (χ3n) is 3.09. The lowest BCUT2D eigenvalue weighted by atomic mass is 10.1. The summed E-state index contributed by atoms with van der Waals surface area (Å²) >= 11 is 0.